The molecule has 1 aliphatic heterocycles. The minimum atomic E-state index is -4.45. The molecule has 4 rings (SSSR count). The van der Waals surface area contributed by atoms with Crippen molar-refractivity contribution < 1.29 is 18.0 Å². The standard InChI is InChI=1S/C16H14F3N5O.C2H6/c1-23-14(10-6-24(7-10)8-25)3-13(22-23)9-2-11-12(16(17,18)19)5-21-15(11)20-4-9;1-2/h2-5,8,10H,6-7H2,1H3,(H,20,21);1-2H3. The summed E-state index contributed by atoms with van der Waals surface area (Å²) in [6, 6.07) is 3.29. The number of nitrogens with one attached hydrogen (secondary N) is 1. The van der Waals surface area contributed by atoms with Crippen molar-refractivity contribution in [2.24, 2.45) is 7.05 Å². The third kappa shape index (κ3) is 3.41. The number of fused-ring (bicyclic) bond motifs is 1. The largest absolute Gasteiger partial charge is 0.418 e. The maximum Gasteiger partial charge on any atom is 0.418 e. The number of halogens is 3. The van der Waals surface area contributed by atoms with E-state index in [1.807, 2.05) is 19.9 Å². The topological polar surface area (TPSA) is 66.8 Å². The number of aromatic amines is 1. The number of carbonyl (C=O) groups is 1. The van der Waals surface area contributed by atoms with Crippen LogP contribution in [0.2, 0.25) is 0 Å². The van der Waals surface area contributed by atoms with E-state index in [1.165, 1.54) is 12.3 Å². The number of aromatic nitrogens is 4. The van der Waals surface area contributed by atoms with Gasteiger partial charge in [0, 0.05) is 55.1 Å². The van der Waals surface area contributed by atoms with Crippen molar-refractivity contribution in [1.82, 2.24) is 24.6 Å². The van der Waals surface area contributed by atoms with E-state index in [2.05, 4.69) is 15.1 Å². The highest BCUT2D eigenvalue weighted by Crippen LogP contribution is 2.36. The van der Waals surface area contributed by atoms with Crippen LogP contribution in [-0.4, -0.2) is 44.1 Å². The monoisotopic (exact) mass is 379 g/mol. The average molecular weight is 379 g/mol. The number of nitrogens with zero attached hydrogens (tertiary/aromatic N) is 4. The van der Waals surface area contributed by atoms with Crippen LogP contribution in [0.3, 0.4) is 0 Å². The van der Waals surface area contributed by atoms with Crippen molar-refractivity contribution in [3.8, 4) is 11.3 Å². The number of alkyl halides is 3. The van der Waals surface area contributed by atoms with Crippen molar-refractivity contribution in [3.05, 3.63) is 35.8 Å². The van der Waals surface area contributed by atoms with E-state index < -0.39 is 11.7 Å². The van der Waals surface area contributed by atoms with E-state index in [4.69, 9.17) is 0 Å². The zero-order valence-corrected chi connectivity index (χ0v) is 15.2. The smallest absolute Gasteiger partial charge is 0.346 e. The highest BCUT2D eigenvalue weighted by Gasteiger charge is 2.34. The maximum absolute atomic E-state index is 13.1. The molecule has 1 saturated heterocycles. The lowest BCUT2D eigenvalue weighted by molar-refractivity contribution is -0.136. The Balaban J connectivity index is 0.00000102. The number of likely N-dealkylation sites (tertiary alicyclic amines) is 1. The molecule has 1 fully saturated rings. The molecule has 0 bridgehead atoms. The van der Waals surface area contributed by atoms with Crippen LogP contribution in [0, 0.1) is 0 Å². The quantitative estimate of drug-likeness (QED) is 0.708. The molecule has 3 aromatic rings. The molecule has 3 aromatic heterocycles. The normalized spacial score (nSPS) is 14.7. The Labute approximate surface area is 154 Å². The highest BCUT2D eigenvalue weighted by molar-refractivity contribution is 5.84. The molecule has 9 heteroatoms. The predicted octanol–water partition coefficient (Wildman–Crippen LogP) is 3.56. The SMILES string of the molecule is CC.Cn1nc(-c2cnc3[nH]cc(C(F)(F)F)c3c2)cc1C1CN(C=O)C1. The summed E-state index contributed by atoms with van der Waals surface area (Å²) < 4.78 is 40.9. The number of rotatable bonds is 3. The van der Waals surface area contributed by atoms with E-state index in [0.717, 1.165) is 18.3 Å². The molecule has 1 aliphatic rings. The minimum absolute atomic E-state index is 0.0213. The van der Waals surface area contributed by atoms with Crippen molar-refractivity contribution >= 4 is 17.4 Å². The van der Waals surface area contributed by atoms with Gasteiger partial charge in [-0.1, -0.05) is 13.8 Å². The number of hydrogen-bond acceptors (Lipinski definition) is 3. The van der Waals surface area contributed by atoms with Gasteiger partial charge in [-0.3, -0.25) is 9.48 Å². The molecule has 0 spiro atoms. The van der Waals surface area contributed by atoms with Gasteiger partial charge in [0.25, 0.3) is 0 Å². The zero-order valence-electron chi connectivity index (χ0n) is 15.2. The summed E-state index contributed by atoms with van der Waals surface area (Å²) in [5, 5.41) is 4.42. The van der Waals surface area contributed by atoms with E-state index in [0.29, 0.717) is 24.3 Å². The van der Waals surface area contributed by atoms with Crippen LogP contribution >= 0.6 is 0 Å². The van der Waals surface area contributed by atoms with E-state index in [-0.39, 0.29) is 17.0 Å². The van der Waals surface area contributed by atoms with Gasteiger partial charge in [0.05, 0.1) is 11.3 Å². The Morgan fingerprint density at radius 1 is 1.26 bits per heavy atom. The van der Waals surface area contributed by atoms with Crippen LogP contribution in [0.5, 0.6) is 0 Å². The summed E-state index contributed by atoms with van der Waals surface area (Å²) in [7, 11) is 1.78. The van der Waals surface area contributed by atoms with Gasteiger partial charge in [-0.05, 0) is 12.1 Å². The van der Waals surface area contributed by atoms with Gasteiger partial charge < -0.3 is 9.88 Å². The third-order valence-corrected chi connectivity index (χ3v) is 4.53. The van der Waals surface area contributed by atoms with Gasteiger partial charge in [0.2, 0.25) is 6.41 Å². The van der Waals surface area contributed by atoms with Gasteiger partial charge in [-0.2, -0.15) is 18.3 Å². The van der Waals surface area contributed by atoms with Crippen LogP contribution in [0.4, 0.5) is 13.2 Å². The fraction of sp³-hybridized carbons (Fsp3) is 0.389. The second-order valence-electron chi connectivity index (χ2n) is 6.15. The van der Waals surface area contributed by atoms with Gasteiger partial charge in [0.15, 0.2) is 0 Å². The van der Waals surface area contributed by atoms with Gasteiger partial charge in [-0.25, -0.2) is 4.98 Å². The molecule has 27 heavy (non-hydrogen) atoms. The molecule has 4 heterocycles. The Bertz CT molecular complexity index is 954. The molecule has 0 saturated carbocycles. The Morgan fingerprint density at radius 3 is 2.59 bits per heavy atom. The van der Waals surface area contributed by atoms with Crippen molar-refractivity contribution in [2.45, 2.75) is 25.9 Å². The number of aryl methyl sites for hydroxylation is 1. The first-order valence-corrected chi connectivity index (χ1v) is 8.65. The fourth-order valence-electron chi connectivity index (χ4n) is 3.17. The van der Waals surface area contributed by atoms with Crippen molar-refractivity contribution in [2.75, 3.05) is 13.1 Å². The molecule has 0 unspecified atom stereocenters. The van der Waals surface area contributed by atoms with Gasteiger partial charge in [0.1, 0.15) is 5.65 Å². The van der Waals surface area contributed by atoms with Crippen LogP contribution in [0.25, 0.3) is 22.3 Å². The lowest BCUT2D eigenvalue weighted by atomic mass is 9.96. The molecule has 0 aliphatic carbocycles. The second-order valence-corrected chi connectivity index (χ2v) is 6.15. The lowest BCUT2D eigenvalue weighted by Gasteiger charge is -2.36. The molecular weight excluding hydrogens is 359 g/mol. The molecular formula is C18H20F3N5O. The van der Waals surface area contributed by atoms with Crippen molar-refractivity contribution in [1.29, 1.82) is 0 Å². The molecule has 6 nitrogen and oxygen atoms in total. The lowest BCUT2D eigenvalue weighted by Crippen LogP contribution is -2.44. The summed E-state index contributed by atoms with van der Waals surface area (Å²) >= 11 is 0. The van der Waals surface area contributed by atoms with Crippen LogP contribution in [-0.2, 0) is 18.0 Å². The molecule has 1 N–H and O–H groups in total. The number of amides is 1. The van der Waals surface area contributed by atoms with Crippen LogP contribution in [0.1, 0.15) is 31.0 Å². The number of carbonyl (C=O) groups excluding carboxylic acids is 1. The zero-order chi connectivity index (χ0) is 19.8. The first-order valence-electron chi connectivity index (χ1n) is 8.65. The minimum Gasteiger partial charge on any atom is -0.346 e. The average Bonchev–Trinajstić information content (AvgIpc) is 3.19. The predicted molar refractivity (Wildman–Crippen MR) is 95.0 cm³/mol. The number of pyridine rings is 1. The summed E-state index contributed by atoms with van der Waals surface area (Å²) in [4.78, 5) is 19.0. The first kappa shape index (κ1) is 18.9. The first-order chi connectivity index (χ1) is 12.9. The summed E-state index contributed by atoms with van der Waals surface area (Å²) in [5.74, 6) is 0.186. The summed E-state index contributed by atoms with van der Waals surface area (Å²) in [6.45, 7) is 5.24. The summed E-state index contributed by atoms with van der Waals surface area (Å²) in [5.41, 5.74) is 1.47. The Hall–Kier alpha value is -2.84. The number of hydrogen-bond donors (Lipinski definition) is 1. The van der Waals surface area contributed by atoms with Crippen LogP contribution < -0.4 is 0 Å². The Morgan fingerprint density at radius 2 is 1.96 bits per heavy atom. The summed E-state index contributed by atoms with van der Waals surface area (Å²) in [6.07, 6.45) is -1.22. The Kier molecular flexibility index (Phi) is 4.95. The van der Waals surface area contributed by atoms with E-state index in [1.54, 1.807) is 16.6 Å². The fourth-order valence-corrected chi connectivity index (χ4v) is 3.17. The van der Waals surface area contributed by atoms with E-state index in [9.17, 15) is 18.0 Å². The van der Waals surface area contributed by atoms with Gasteiger partial charge >= 0.3 is 6.18 Å². The molecule has 0 atom stereocenters. The molecule has 1 amide bonds. The van der Waals surface area contributed by atoms with E-state index >= 15 is 0 Å². The molecule has 0 aromatic carbocycles. The molecule has 144 valence electrons. The second kappa shape index (κ2) is 7.05. The number of H-pyrrole nitrogens is 1. The van der Waals surface area contributed by atoms with Crippen LogP contribution in [0.15, 0.2) is 24.5 Å². The van der Waals surface area contributed by atoms with Crippen molar-refractivity contribution in [3.63, 3.8) is 0 Å². The third-order valence-electron chi connectivity index (χ3n) is 4.53. The molecule has 0 radical (unpaired) electrons. The highest BCUT2D eigenvalue weighted by atomic mass is 19.4. The maximum atomic E-state index is 13.1. The van der Waals surface area contributed by atoms with Gasteiger partial charge in [-0.15, -0.1) is 0 Å².